The van der Waals surface area contributed by atoms with Crippen LogP contribution in [0.4, 0.5) is 0 Å². The standard InChI is InChI=1S/C41H64O23/c1-57-22-7-15(8-23(58-2)31(22)50)3-6-28(48)59-13-25-32(51)34(53)36(55)40(61-25)30-21(45)11-19(43)17-10-24(38(64-39(17)30)16-4-5-18(42)20(44)9-16)62-41-37(56)35(54)33(52)26(63-41)14-60-29(49)12-27(46)47/h3,6,15-26,30-45,50-56H,4-5,7-14H2,1-2H3,(H,46,47). The number of carboxylic acid groups (broad SMARTS) is 1. The Labute approximate surface area is 368 Å². The molecule has 0 bridgehead atoms. The molecule has 6 aliphatic rings. The lowest BCUT2D eigenvalue weighted by Crippen LogP contribution is -2.68. The van der Waals surface area contributed by atoms with Gasteiger partial charge in [-0.25, -0.2) is 4.79 Å². The monoisotopic (exact) mass is 924 g/mol. The maximum Gasteiger partial charge on any atom is 0.330 e. The van der Waals surface area contributed by atoms with Crippen molar-refractivity contribution in [2.24, 2.45) is 23.7 Å². The number of esters is 2. The third kappa shape index (κ3) is 11.4. The zero-order chi connectivity index (χ0) is 46.7. The number of aliphatic carboxylic acids is 1. The van der Waals surface area contributed by atoms with E-state index in [1.165, 1.54) is 20.3 Å². The molecule has 0 radical (unpaired) electrons. The number of carbonyl (C=O) groups excluding carboxylic acids is 2. The lowest BCUT2D eigenvalue weighted by molar-refractivity contribution is -0.341. The number of aliphatic hydroxyl groups is 11. The Bertz CT molecular complexity index is 1570. The van der Waals surface area contributed by atoms with Crippen LogP contribution in [-0.2, 0) is 52.3 Å². The summed E-state index contributed by atoms with van der Waals surface area (Å²) in [5, 5.41) is 129. The highest BCUT2D eigenvalue weighted by molar-refractivity contribution is 5.90. The molecule has 12 N–H and O–H groups in total. The Kier molecular flexibility index (Phi) is 17.5. The lowest BCUT2D eigenvalue weighted by atomic mass is 9.66. The van der Waals surface area contributed by atoms with Crippen LogP contribution in [0.3, 0.4) is 0 Å². The average Bonchev–Trinajstić information content (AvgIpc) is 3.25. The minimum absolute atomic E-state index is 0.0194. The third-order valence-electron chi connectivity index (χ3n) is 13.8. The molecule has 366 valence electrons. The van der Waals surface area contributed by atoms with E-state index in [0.717, 1.165) is 0 Å². The van der Waals surface area contributed by atoms with Crippen molar-refractivity contribution in [3.8, 4) is 0 Å². The first-order chi connectivity index (χ1) is 30.3. The van der Waals surface area contributed by atoms with Crippen LogP contribution >= 0.6 is 0 Å². The van der Waals surface area contributed by atoms with Crippen LogP contribution in [0, 0.1) is 23.7 Å². The van der Waals surface area contributed by atoms with Crippen molar-refractivity contribution in [2.45, 2.75) is 174 Å². The molecule has 0 spiro atoms. The summed E-state index contributed by atoms with van der Waals surface area (Å²) >= 11 is 0. The van der Waals surface area contributed by atoms with Crippen LogP contribution in [0.15, 0.2) is 12.2 Å². The van der Waals surface area contributed by atoms with Gasteiger partial charge in [0.2, 0.25) is 0 Å². The zero-order valence-electron chi connectivity index (χ0n) is 35.4. The highest BCUT2D eigenvalue weighted by Gasteiger charge is 2.59. The van der Waals surface area contributed by atoms with Crippen LogP contribution < -0.4 is 0 Å². The molecular formula is C41H64O23. The molecule has 64 heavy (non-hydrogen) atoms. The summed E-state index contributed by atoms with van der Waals surface area (Å²) in [7, 11) is 2.91. The van der Waals surface area contributed by atoms with Gasteiger partial charge in [0.05, 0.1) is 61.0 Å². The molecule has 3 aliphatic heterocycles. The van der Waals surface area contributed by atoms with Crippen LogP contribution in [0.2, 0.25) is 0 Å². The van der Waals surface area contributed by atoms with Crippen molar-refractivity contribution in [1.29, 1.82) is 0 Å². The quantitative estimate of drug-likeness (QED) is 0.0441. The second-order valence-corrected chi connectivity index (χ2v) is 17.9. The van der Waals surface area contributed by atoms with Crippen LogP contribution in [0.1, 0.15) is 51.4 Å². The number of fused-ring (bicyclic) bond motifs is 1. The number of rotatable bonds is 14. The van der Waals surface area contributed by atoms with Gasteiger partial charge in [0, 0.05) is 38.6 Å². The third-order valence-corrected chi connectivity index (χ3v) is 13.8. The van der Waals surface area contributed by atoms with E-state index < -0.39 is 178 Å². The topological polar surface area (TPSA) is 368 Å². The second-order valence-electron chi connectivity index (χ2n) is 17.9. The number of hydrogen-bond acceptors (Lipinski definition) is 22. The fourth-order valence-corrected chi connectivity index (χ4v) is 10.3. The van der Waals surface area contributed by atoms with Gasteiger partial charge in [-0.3, -0.25) is 9.59 Å². The Balaban J connectivity index is 1.19. The van der Waals surface area contributed by atoms with E-state index in [0.29, 0.717) is 12.8 Å². The van der Waals surface area contributed by atoms with Crippen molar-refractivity contribution in [1.82, 2.24) is 0 Å². The van der Waals surface area contributed by atoms with Crippen molar-refractivity contribution < 1.29 is 114 Å². The predicted octanol–water partition coefficient (Wildman–Crippen LogP) is -5.02. The highest BCUT2D eigenvalue weighted by atomic mass is 16.7. The molecule has 23 heteroatoms. The molecule has 0 aromatic heterocycles. The number of hydrogen-bond donors (Lipinski definition) is 12. The number of carbonyl (C=O) groups is 3. The van der Waals surface area contributed by atoms with E-state index in [2.05, 4.69) is 0 Å². The van der Waals surface area contributed by atoms with E-state index in [4.69, 9.17) is 43.0 Å². The second kappa shape index (κ2) is 22.1. The van der Waals surface area contributed by atoms with Gasteiger partial charge in [0.1, 0.15) is 74.6 Å². The van der Waals surface area contributed by atoms with E-state index in [-0.39, 0.29) is 38.0 Å². The van der Waals surface area contributed by atoms with Crippen LogP contribution in [0.5, 0.6) is 0 Å². The predicted molar refractivity (Wildman–Crippen MR) is 208 cm³/mol. The fourth-order valence-electron chi connectivity index (χ4n) is 10.3. The Morgan fingerprint density at radius 3 is 1.83 bits per heavy atom. The molecule has 3 aliphatic carbocycles. The molecule has 0 aromatic rings. The Hall–Kier alpha value is -2.53. The molecule has 3 saturated heterocycles. The molecule has 3 saturated carbocycles. The maximum atomic E-state index is 12.9. The van der Waals surface area contributed by atoms with Gasteiger partial charge < -0.3 is 99.2 Å². The van der Waals surface area contributed by atoms with E-state index in [1.54, 1.807) is 6.08 Å². The van der Waals surface area contributed by atoms with Crippen LogP contribution in [0.25, 0.3) is 0 Å². The molecule has 6 rings (SSSR count). The number of allylic oxidation sites excluding steroid dienone is 1. The minimum atomic E-state index is -1.90. The molecule has 22 unspecified atom stereocenters. The van der Waals surface area contributed by atoms with Gasteiger partial charge in [-0.2, -0.15) is 0 Å². The first-order valence-corrected chi connectivity index (χ1v) is 21.7. The van der Waals surface area contributed by atoms with Gasteiger partial charge in [-0.15, -0.1) is 0 Å². The summed E-state index contributed by atoms with van der Waals surface area (Å²) in [5.74, 6) is -6.41. The van der Waals surface area contributed by atoms with E-state index in [1.807, 2.05) is 0 Å². The molecule has 6 fully saturated rings. The average molecular weight is 925 g/mol. The SMILES string of the molecule is COC1CC(C=CC(=O)OCC2OC(C3C(O)CC(O)C4CC(OC5OC(COC(=O)CC(=O)O)C(O)C(O)C5O)C(C5CCC(O)C(O)C5)OC43)C(O)C(O)C2O)CC(OC)C1O. The summed E-state index contributed by atoms with van der Waals surface area (Å²) < 4.78 is 45.9. The smallest absolute Gasteiger partial charge is 0.330 e. The number of aliphatic hydroxyl groups excluding tert-OH is 11. The summed E-state index contributed by atoms with van der Waals surface area (Å²) in [6.07, 6.45) is -24.9. The number of ether oxygens (including phenoxy) is 8. The molecule has 0 amide bonds. The van der Waals surface area contributed by atoms with Crippen molar-refractivity contribution >= 4 is 17.9 Å². The Morgan fingerprint density at radius 1 is 0.578 bits per heavy atom. The van der Waals surface area contributed by atoms with Crippen molar-refractivity contribution in [3.05, 3.63) is 12.2 Å². The first-order valence-electron chi connectivity index (χ1n) is 21.7. The first kappa shape index (κ1) is 50.9. The maximum absolute atomic E-state index is 12.9. The minimum Gasteiger partial charge on any atom is -0.481 e. The molecule has 0 aromatic carbocycles. The molecular weight excluding hydrogens is 860 g/mol. The van der Waals surface area contributed by atoms with Gasteiger partial charge in [0.15, 0.2) is 6.29 Å². The number of methoxy groups -OCH3 is 2. The van der Waals surface area contributed by atoms with Crippen LogP contribution in [-0.4, -0.2) is 229 Å². The van der Waals surface area contributed by atoms with Crippen molar-refractivity contribution in [2.75, 3.05) is 27.4 Å². The molecule has 3 heterocycles. The van der Waals surface area contributed by atoms with E-state index in [9.17, 15) is 70.6 Å². The van der Waals surface area contributed by atoms with Gasteiger partial charge in [-0.1, -0.05) is 6.08 Å². The highest BCUT2D eigenvalue weighted by Crippen LogP contribution is 2.48. The van der Waals surface area contributed by atoms with Gasteiger partial charge in [0.25, 0.3) is 0 Å². The zero-order valence-corrected chi connectivity index (χ0v) is 35.4. The summed E-state index contributed by atoms with van der Waals surface area (Å²) in [4.78, 5) is 35.7. The lowest BCUT2D eigenvalue weighted by Gasteiger charge is -2.56. The molecule has 23 nitrogen and oxygen atoms in total. The van der Waals surface area contributed by atoms with Gasteiger partial charge >= 0.3 is 17.9 Å². The van der Waals surface area contributed by atoms with E-state index >= 15 is 0 Å². The Morgan fingerprint density at radius 2 is 1.20 bits per heavy atom. The van der Waals surface area contributed by atoms with Gasteiger partial charge in [-0.05, 0) is 50.4 Å². The molecule has 22 atom stereocenters. The number of carboxylic acids is 1. The largest absolute Gasteiger partial charge is 0.481 e. The summed E-state index contributed by atoms with van der Waals surface area (Å²) in [5.41, 5.74) is 0. The van der Waals surface area contributed by atoms with Crippen molar-refractivity contribution in [3.63, 3.8) is 0 Å². The summed E-state index contributed by atoms with van der Waals surface area (Å²) in [6, 6.07) is 0. The normalized spacial score (nSPS) is 47.7. The fraction of sp³-hybridized carbons (Fsp3) is 0.878. The summed E-state index contributed by atoms with van der Waals surface area (Å²) in [6.45, 7) is -1.32.